The highest BCUT2D eigenvalue weighted by Crippen LogP contribution is 2.25. The first kappa shape index (κ1) is 12.5. The van der Waals surface area contributed by atoms with Gasteiger partial charge in [0, 0.05) is 12.1 Å². The molecule has 0 bridgehead atoms. The van der Waals surface area contributed by atoms with Crippen molar-refractivity contribution in [3.8, 4) is 0 Å². The highest BCUT2D eigenvalue weighted by Gasteiger charge is 2.23. The van der Waals surface area contributed by atoms with Gasteiger partial charge in [-0.1, -0.05) is 12.8 Å². The van der Waals surface area contributed by atoms with Crippen LogP contribution in [-0.2, 0) is 11.3 Å². The van der Waals surface area contributed by atoms with Gasteiger partial charge < -0.3 is 0 Å². The Morgan fingerprint density at radius 1 is 1.53 bits per heavy atom. The van der Waals surface area contributed by atoms with Gasteiger partial charge in [0.25, 0.3) is 5.56 Å². The first-order chi connectivity index (χ1) is 8.09. The third-order valence-electron chi connectivity index (χ3n) is 3.33. The minimum atomic E-state index is -0.177. The molecular weight excluding hydrogens is 284 g/mol. The fourth-order valence-corrected chi connectivity index (χ4v) is 2.59. The summed E-state index contributed by atoms with van der Waals surface area (Å²) < 4.78 is 1.85. The van der Waals surface area contributed by atoms with E-state index in [9.17, 15) is 9.59 Å². The Bertz CT molecular complexity index is 490. The number of rotatable bonds is 3. The lowest BCUT2D eigenvalue weighted by Crippen LogP contribution is -2.29. The van der Waals surface area contributed by atoms with Crippen LogP contribution >= 0.6 is 15.9 Å². The topological polar surface area (TPSA) is 52.0 Å². The normalized spacial score (nSPS) is 16.4. The molecule has 0 aliphatic heterocycles. The van der Waals surface area contributed by atoms with Crippen LogP contribution in [0.25, 0.3) is 0 Å². The number of Topliss-reactive ketones (excluding diaryl/α,β-unsaturated/α-hetero) is 1. The van der Waals surface area contributed by atoms with Crippen molar-refractivity contribution in [2.75, 3.05) is 0 Å². The van der Waals surface area contributed by atoms with Crippen molar-refractivity contribution in [2.45, 2.75) is 39.2 Å². The molecule has 17 heavy (non-hydrogen) atoms. The van der Waals surface area contributed by atoms with E-state index in [1.807, 2.05) is 0 Å². The van der Waals surface area contributed by atoms with E-state index in [0.717, 1.165) is 25.7 Å². The highest BCUT2D eigenvalue weighted by atomic mass is 79.9. The molecule has 1 aliphatic carbocycles. The van der Waals surface area contributed by atoms with Crippen molar-refractivity contribution < 1.29 is 4.79 Å². The van der Waals surface area contributed by atoms with Crippen LogP contribution < -0.4 is 5.56 Å². The SMILES string of the molecule is Cc1ncc(Br)c(=O)n1CC(=O)C1CCCC1. The summed E-state index contributed by atoms with van der Waals surface area (Å²) in [6.45, 7) is 1.90. The molecule has 1 saturated carbocycles. The van der Waals surface area contributed by atoms with E-state index in [0.29, 0.717) is 10.3 Å². The first-order valence-corrected chi connectivity index (χ1v) is 6.63. The molecular formula is C12H15BrN2O2. The van der Waals surface area contributed by atoms with Gasteiger partial charge in [-0.15, -0.1) is 0 Å². The minimum Gasteiger partial charge on any atom is -0.297 e. The Hall–Kier alpha value is -0.970. The number of carbonyl (C=O) groups is 1. The summed E-state index contributed by atoms with van der Waals surface area (Å²) >= 11 is 3.15. The van der Waals surface area contributed by atoms with Gasteiger partial charge in [-0.3, -0.25) is 14.2 Å². The lowest BCUT2D eigenvalue weighted by molar-refractivity contribution is -0.123. The van der Waals surface area contributed by atoms with Crippen LogP contribution in [0.3, 0.4) is 0 Å². The maximum absolute atomic E-state index is 12.0. The van der Waals surface area contributed by atoms with Crippen molar-refractivity contribution in [1.29, 1.82) is 0 Å². The van der Waals surface area contributed by atoms with Crippen molar-refractivity contribution in [1.82, 2.24) is 9.55 Å². The third kappa shape index (κ3) is 2.65. The molecule has 0 radical (unpaired) electrons. The molecule has 0 aromatic carbocycles. The van der Waals surface area contributed by atoms with Crippen LogP contribution in [0.4, 0.5) is 0 Å². The number of hydrogen-bond acceptors (Lipinski definition) is 3. The summed E-state index contributed by atoms with van der Waals surface area (Å²) in [7, 11) is 0. The van der Waals surface area contributed by atoms with Crippen LogP contribution in [0, 0.1) is 12.8 Å². The van der Waals surface area contributed by atoms with Crippen LogP contribution in [0.1, 0.15) is 31.5 Å². The Kier molecular flexibility index (Phi) is 3.76. The summed E-state index contributed by atoms with van der Waals surface area (Å²) in [5.74, 6) is 0.887. The van der Waals surface area contributed by atoms with Crippen molar-refractivity contribution >= 4 is 21.7 Å². The Balaban J connectivity index is 2.21. The molecule has 1 aromatic heterocycles. The zero-order valence-corrected chi connectivity index (χ0v) is 11.4. The summed E-state index contributed by atoms with van der Waals surface area (Å²) in [5.41, 5.74) is -0.177. The molecule has 1 heterocycles. The number of aryl methyl sites for hydroxylation is 1. The maximum Gasteiger partial charge on any atom is 0.268 e. The molecule has 0 saturated heterocycles. The van der Waals surface area contributed by atoms with E-state index >= 15 is 0 Å². The predicted molar refractivity (Wildman–Crippen MR) is 67.9 cm³/mol. The fraction of sp³-hybridized carbons (Fsp3) is 0.583. The maximum atomic E-state index is 12.0. The van der Waals surface area contributed by atoms with E-state index in [1.54, 1.807) is 6.92 Å². The van der Waals surface area contributed by atoms with E-state index in [2.05, 4.69) is 20.9 Å². The van der Waals surface area contributed by atoms with E-state index < -0.39 is 0 Å². The molecule has 4 nitrogen and oxygen atoms in total. The van der Waals surface area contributed by atoms with Gasteiger partial charge in [-0.25, -0.2) is 4.98 Å². The molecule has 0 spiro atoms. The van der Waals surface area contributed by atoms with Gasteiger partial charge in [0.15, 0.2) is 5.78 Å². The van der Waals surface area contributed by atoms with E-state index in [4.69, 9.17) is 0 Å². The molecule has 92 valence electrons. The van der Waals surface area contributed by atoms with Crippen LogP contribution in [0.5, 0.6) is 0 Å². The second-order valence-corrected chi connectivity index (χ2v) is 5.35. The molecule has 1 fully saturated rings. The Labute approximate surface area is 108 Å². The van der Waals surface area contributed by atoms with E-state index in [1.165, 1.54) is 10.8 Å². The first-order valence-electron chi connectivity index (χ1n) is 5.84. The smallest absolute Gasteiger partial charge is 0.268 e. The zero-order chi connectivity index (χ0) is 12.4. The minimum absolute atomic E-state index is 0.139. The number of hydrogen-bond donors (Lipinski definition) is 0. The molecule has 1 aliphatic rings. The number of ketones is 1. The van der Waals surface area contributed by atoms with Gasteiger partial charge in [-0.2, -0.15) is 0 Å². The standard InChI is InChI=1S/C12H15BrN2O2/c1-8-14-6-10(13)12(17)15(8)7-11(16)9-4-2-3-5-9/h6,9H,2-5,7H2,1H3. The van der Waals surface area contributed by atoms with Gasteiger partial charge in [0.1, 0.15) is 10.3 Å². The van der Waals surface area contributed by atoms with Crippen molar-refractivity contribution in [3.63, 3.8) is 0 Å². The molecule has 0 unspecified atom stereocenters. The van der Waals surface area contributed by atoms with Crippen molar-refractivity contribution in [2.24, 2.45) is 5.92 Å². The van der Waals surface area contributed by atoms with Crippen LogP contribution in [-0.4, -0.2) is 15.3 Å². The summed E-state index contributed by atoms with van der Waals surface area (Å²) in [4.78, 5) is 28.0. The van der Waals surface area contributed by atoms with Gasteiger partial charge >= 0.3 is 0 Å². The van der Waals surface area contributed by atoms with Crippen LogP contribution in [0.15, 0.2) is 15.5 Å². The Morgan fingerprint density at radius 3 is 2.82 bits per heavy atom. The lowest BCUT2D eigenvalue weighted by Gasteiger charge is -2.11. The average Bonchev–Trinajstić information content (AvgIpc) is 2.83. The zero-order valence-electron chi connectivity index (χ0n) is 9.78. The quantitative estimate of drug-likeness (QED) is 0.858. The number of carbonyl (C=O) groups excluding carboxylic acids is 1. The summed E-state index contributed by atoms with van der Waals surface area (Å²) in [6, 6.07) is 0. The van der Waals surface area contributed by atoms with Crippen molar-refractivity contribution in [3.05, 3.63) is 26.8 Å². The second-order valence-electron chi connectivity index (χ2n) is 4.49. The predicted octanol–water partition coefficient (Wildman–Crippen LogP) is 2.07. The number of aromatic nitrogens is 2. The molecule has 0 atom stereocenters. The van der Waals surface area contributed by atoms with Crippen LogP contribution in [0.2, 0.25) is 0 Å². The Morgan fingerprint density at radius 2 is 2.18 bits per heavy atom. The third-order valence-corrected chi connectivity index (χ3v) is 3.87. The molecule has 1 aromatic rings. The van der Waals surface area contributed by atoms with Gasteiger partial charge in [0.2, 0.25) is 0 Å². The summed E-state index contributed by atoms with van der Waals surface area (Å²) in [5, 5.41) is 0. The second kappa shape index (κ2) is 5.12. The van der Waals surface area contributed by atoms with Gasteiger partial charge in [0.05, 0.1) is 6.54 Å². The molecule has 5 heteroatoms. The number of halogens is 1. The lowest BCUT2D eigenvalue weighted by atomic mass is 10.0. The largest absolute Gasteiger partial charge is 0.297 e. The fourth-order valence-electron chi connectivity index (χ4n) is 2.27. The van der Waals surface area contributed by atoms with Gasteiger partial charge in [-0.05, 0) is 35.7 Å². The highest BCUT2D eigenvalue weighted by molar-refractivity contribution is 9.10. The number of nitrogens with zero attached hydrogens (tertiary/aromatic N) is 2. The molecule has 2 rings (SSSR count). The molecule has 0 amide bonds. The summed E-state index contributed by atoms with van der Waals surface area (Å²) in [6.07, 6.45) is 5.67. The monoisotopic (exact) mass is 298 g/mol. The molecule has 0 N–H and O–H groups in total. The van der Waals surface area contributed by atoms with E-state index in [-0.39, 0.29) is 23.8 Å². The average molecular weight is 299 g/mol.